The van der Waals surface area contributed by atoms with E-state index in [1.54, 1.807) is 29.9 Å². The maximum atomic E-state index is 12.5. The summed E-state index contributed by atoms with van der Waals surface area (Å²) in [6.45, 7) is 4.14. The van der Waals surface area contributed by atoms with E-state index in [1.807, 2.05) is 0 Å². The molecule has 0 fully saturated rings. The van der Waals surface area contributed by atoms with Crippen molar-refractivity contribution in [1.82, 2.24) is 25.4 Å². The molecule has 0 aliphatic heterocycles. The first-order valence-electron chi connectivity index (χ1n) is 8.67. The first kappa shape index (κ1) is 20.2. The van der Waals surface area contributed by atoms with Crippen LogP contribution in [0.5, 0.6) is 5.75 Å². The van der Waals surface area contributed by atoms with Crippen molar-refractivity contribution in [3.63, 3.8) is 0 Å². The molecule has 0 spiro atoms. The summed E-state index contributed by atoms with van der Waals surface area (Å²) in [6, 6.07) is 4.20. The summed E-state index contributed by atoms with van der Waals surface area (Å²) >= 11 is 0. The van der Waals surface area contributed by atoms with Gasteiger partial charge in [0, 0.05) is 19.8 Å². The van der Waals surface area contributed by atoms with Crippen LogP contribution in [0.4, 0.5) is 10.5 Å². The van der Waals surface area contributed by atoms with Crippen LogP contribution in [0, 0.1) is 5.92 Å². The minimum atomic E-state index is -0.392. The Bertz CT molecular complexity index is 802. The van der Waals surface area contributed by atoms with Crippen LogP contribution in [0.25, 0.3) is 0 Å². The normalized spacial score (nSPS) is 11.8. The van der Waals surface area contributed by atoms with Crippen LogP contribution in [0.15, 0.2) is 24.5 Å². The van der Waals surface area contributed by atoms with E-state index in [2.05, 4.69) is 39.9 Å². The fraction of sp³-hybridized carbons (Fsp3) is 0.444. The molecule has 1 aromatic carbocycles. The van der Waals surface area contributed by atoms with Crippen molar-refractivity contribution in [1.29, 1.82) is 0 Å². The van der Waals surface area contributed by atoms with Gasteiger partial charge >= 0.3 is 6.03 Å². The molecule has 3 amide bonds. The molecule has 2 rings (SSSR count). The molecule has 27 heavy (non-hydrogen) atoms. The molecule has 0 aliphatic carbocycles. The molecule has 0 radical (unpaired) electrons. The average molecular weight is 374 g/mol. The second-order valence-electron chi connectivity index (χ2n) is 6.52. The number of ether oxygens (including phenoxy) is 1. The van der Waals surface area contributed by atoms with Crippen molar-refractivity contribution in [2.24, 2.45) is 13.0 Å². The summed E-state index contributed by atoms with van der Waals surface area (Å²) in [5.74, 6) is 1.16. The Hall–Kier alpha value is -3.10. The number of carbonyl (C=O) groups is 2. The number of hydrogen-bond acceptors (Lipinski definition) is 5. The first-order chi connectivity index (χ1) is 12.8. The van der Waals surface area contributed by atoms with Gasteiger partial charge in [-0.15, -0.1) is 0 Å². The molecule has 9 heteroatoms. The topological polar surface area (TPSA) is 110 Å². The van der Waals surface area contributed by atoms with E-state index < -0.39 is 6.03 Å². The number of anilines is 1. The zero-order valence-electron chi connectivity index (χ0n) is 16.2. The maximum Gasteiger partial charge on any atom is 0.319 e. The molecular weight excluding hydrogens is 348 g/mol. The standard InChI is InChI=1S/C18H26N6O3/c1-11(2)8-14(16-20-10-21-24(16)4)23-18(26)22-12-6-7-15(27-5)13(9-12)17(25)19-3/h6-7,9-11,14H,8H2,1-5H3,(H,19,25)(H2,22,23,26). The highest BCUT2D eigenvalue weighted by atomic mass is 16.5. The number of rotatable bonds is 7. The highest BCUT2D eigenvalue weighted by molar-refractivity contribution is 5.99. The summed E-state index contributed by atoms with van der Waals surface area (Å²) in [7, 11) is 4.80. The van der Waals surface area contributed by atoms with E-state index in [4.69, 9.17) is 4.74 Å². The van der Waals surface area contributed by atoms with Gasteiger partial charge in [0.15, 0.2) is 0 Å². The Morgan fingerprint density at radius 1 is 1.30 bits per heavy atom. The van der Waals surface area contributed by atoms with E-state index in [0.717, 1.165) is 0 Å². The summed E-state index contributed by atoms with van der Waals surface area (Å²) in [5.41, 5.74) is 0.818. The van der Waals surface area contributed by atoms with Crippen LogP contribution in [-0.4, -0.2) is 40.9 Å². The lowest BCUT2D eigenvalue weighted by Gasteiger charge is -2.20. The van der Waals surface area contributed by atoms with Gasteiger partial charge in [0.1, 0.15) is 17.9 Å². The SMILES string of the molecule is CNC(=O)c1cc(NC(=O)NC(CC(C)C)c2ncnn2C)ccc1OC. The maximum absolute atomic E-state index is 12.5. The highest BCUT2D eigenvalue weighted by Crippen LogP contribution is 2.23. The lowest BCUT2D eigenvalue weighted by atomic mass is 10.0. The summed E-state index contributed by atoms with van der Waals surface area (Å²) in [5, 5.41) is 12.3. The molecule has 9 nitrogen and oxygen atoms in total. The first-order valence-corrected chi connectivity index (χ1v) is 8.67. The van der Waals surface area contributed by atoms with Crippen LogP contribution >= 0.6 is 0 Å². The van der Waals surface area contributed by atoms with Crippen LogP contribution < -0.4 is 20.7 Å². The second kappa shape index (κ2) is 9.02. The van der Waals surface area contributed by atoms with Gasteiger partial charge < -0.3 is 20.7 Å². The van der Waals surface area contributed by atoms with Gasteiger partial charge in [-0.25, -0.2) is 9.78 Å². The van der Waals surface area contributed by atoms with Crippen molar-refractivity contribution in [3.8, 4) is 5.75 Å². The van der Waals surface area contributed by atoms with Crippen molar-refractivity contribution in [2.45, 2.75) is 26.3 Å². The molecule has 0 saturated heterocycles. The Balaban J connectivity index is 2.15. The summed E-state index contributed by atoms with van der Waals surface area (Å²) in [6.07, 6.45) is 2.17. The number of amides is 3. The molecule has 2 aromatic rings. The molecule has 0 bridgehead atoms. The van der Waals surface area contributed by atoms with Gasteiger partial charge in [0.25, 0.3) is 5.91 Å². The van der Waals surface area contributed by atoms with E-state index in [-0.39, 0.29) is 11.9 Å². The van der Waals surface area contributed by atoms with Gasteiger partial charge in [-0.05, 0) is 30.5 Å². The average Bonchev–Trinajstić information content (AvgIpc) is 3.06. The molecule has 3 N–H and O–H groups in total. The monoisotopic (exact) mass is 374 g/mol. The van der Waals surface area contributed by atoms with Crippen molar-refractivity contribution in [3.05, 3.63) is 35.9 Å². The minimum Gasteiger partial charge on any atom is -0.496 e. The third-order valence-electron chi connectivity index (χ3n) is 4.00. The number of nitrogens with zero attached hydrogens (tertiary/aromatic N) is 3. The Labute approximate surface area is 158 Å². The Morgan fingerprint density at radius 2 is 2.04 bits per heavy atom. The van der Waals surface area contributed by atoms with Crippen LogP contribution in [0.1, 0.15) is 42.5 Å². The summed E-state index contributed by atoms with van der Waals surface area (Å²) < 4.78 is 6.83. The minimum absolute atomic E-state index is 0.283. The fourth-order valence-corrected chi connectivity index (χ4v) is 2.74. The third kappa shape index (κ3) is 5.19. The van der Waals surface area contributed by atoms with Gasteiger partial charge in [0.05, 0.1) is 18.7 Å². The molecule has 0 saturated carbocycles. The molecular formula is C18H26N6O3. The third-order valence-corrected chi connectivity index (χ3v) is 4.00. The number of aryl methyl sites for hydroxylation is 1. The zero-order valence-corrected chi connectivity index (χ0v) is 16.2. The zero-order chi connectivity index (χ0) is 20.0. The molecule has 146 valence electrons. The summed E-state index contributed by atoms with van der Waals surface area (Å²) in [4.78, 5) is 28.7. The van der Waals surface area contributed by atoms with E-state index in [0.29, 0.717) is 35.2 Å². The number of urea groups is 1. The van der Waals surface area contributed by atoms with Crippen LogP contribution in [0.2, 0.25) is 0 Å². The molecule has 1 atom stereocenters. The van der Waals surface area contributed by atoms with Crippen molar-refractivity contribution >= 4 is 17.6 Å². The number of methoxy groups -OCH3 is 1. The van der Waals surface area contributed by atoms with Crippen molar-refractivity contribution in [2.75, 3.05) is 19.5 Å². The van der Waals surface area contributed by atoms with Gasteiger partial charge in [0.2, 0.25) is 0 Å². The quantitative estimate of drug-likeness (QED) is 0.687. The number of hydrogen-bond donors (Lipinski definition) is 3. The lowest BCUT2D eigenvalue weighted by molar-refractivity contribution is 0.0960. The van der Waals surface area contributed by atoms with E-state index in [1.165, 1.54) is 20.5 Å². The van der Waals surface area contributed by atoms with E-state index in [9.17, 15) is 9.59 Å². The number of carbonyl (C=O) groups excluding carboxylic acids is 2. The molecule has 1 unspecified atom stereocenters. The van der Waals surface area contributed by atoms with Crippen molar-refractivity contribution < 1.29 is 14.3 Å². The molecule has 0 aliphatic rings. The Morgan fingerprint density at radius 3 is 2.59 bits per heavy atom. The highest BCUT2D eigenvalue weighted by Gasteiger charge is 2.21. The lowest BCUT2D eigenvalue weighted by Crippen LogP contribution is -2.34. The van der Waals surface area contributed by atoms with Gasteiger partial charge in [-0.1, -0.05) is 13.8 Å². The van der Waals surface area contributed by atoms with Gasteiger partial charge in [-0.2, -0.15) is 5.10 Å². The predicted octanol–water partition coefficient (Wildman–Crippen LogP) is 2.09. The predicted molar refractivity (Wildman–Crippen MR) is 102 cm³/mol. The van der Waals surface area contributed by atoms with Crippen LogP contribution in [0.3, 0.4) is 0 Å². The number of benzene rings is 1. The smallest absolute Gasteiger partial charge is 0.319 e. The second-order valence-corrected chi connectivity index (χ2v) is 6.52. The Kier molecular flexibility index (Phi) is 6.75. The molecule has 1 aromatic heterocycles. The fourth-order valence-electron chi connectivity index (χ4n) is 2.74. The van der Waals surface area contributed by atoms with Crippen LogP contribution in [-0.2, 0) is 7.05 Å². The number of nitrogens with one attached hydrogen (secondary N) is 3. The molecule has 1 heterocycles. The van der Waals surface area contributed by atoms with Gasteiger partial charge in [-0.3, -0.25) is 9.48 Å². The number of aromatic nitrogens is 3. The largest absolute Gasteiger partial charge is 0.496 e. The van der Waals surface area contributed by atoms with E-state index >= 15 is 0 Å².